The van der Waals surface area contributed by atoms with E-state index in [-0.39, 0.29) is 24.0 Å². The Bertz CT molecular complexity index is 512. The summed E-state index contributed by atoms with van der Waals surface area (Å²) in [5, 5.41) is 20.5. The molecule has 3 unspecified atom stereocenters. The van der Waals surface area contributed by atoms with E-state index in [0.29, 0.717) is 6.42 Å². The molecule has 0 saturated carbocycles. The molecule has 0 amide bonds. The molecule has 100 valence electrons. The number of rotatable bonds is 1. The van der Waals surface area contributed by atoms with E-state index < -0.39 is 20.9 Å². The number of aliphatic hydroxyl groups is 1. The van der Waals surface area contributed by atoms with Gasteiger partial charge in [-0.3, -0.25) is 4.90 Å². The third kappa shape index (κ3) is 1.47. The number of fused-ring (bicyclic) bond motifs is 1. The van der Waals surface area contributed by atoms with Gasteiger partial charge in [-0.1, -0.05) is 0 Å². The Hall–Kier alpha value is -0.640. The third-order valence-electron chi connectivity index (χ3n) is 5.04. The Balaban J connectivity index is 2.00. The van der Waals surface area contributed by atoms with Crippen molar-refractivity contribution < 1.29 is 13.5 Å². The zero-order valence-electron chi connectivity index (χ0n) is 10.3. The predicted molar refractivity (Wildman–Crippen MR) is 65.5 cm³/mol. The standard InChI is InChI=1S/C12H18N2O3S/c13-8-11(4-7-18(16,17)9-11)12(15)3-6-14-5-1-2-10(12)14/h10,15H,1-7,9H2. The van der Waals surface area contributed by atoms with Gasteiger partial charge in [-0.2, -0.15) is 5.26 Å². The summed E-state index contributed by atoms with van der Waals surface area (Å²) in [4.78, 5) is 2.21. The summed E-state index contributed by atoms with van der Waals surface area (Å²) in [6.07, 6.45) is 2.72. The number of hydrogen-bond donors (Lipinski definition) is 1. The molecule has 3 saturated heterocycles. The number of nitrogens with zero attached hydrogens (tertiary/aromatic N) is 2. The fraction of sp³-hybridized carbons (Fsp3) is 0.917. The Labute approximate surface area is 107 Å². The second kappa shape index (κ2) is 3.69. The Morgan fingerprint density at radius 2 is 2.11 bits per heavy atom. The molecule has 1 N–H and O–H groups in total. The van der Waals surface area contributed by atoms with Crippen molar-refractivity contribution in [2.45, 2.75) is 37.3 Å². The lowest BCUT2D eigenvalue weighted by Gasteiger charge is -2.40. The summed E-state index contributed by atoms with van der Waals surface area (Å²) in [7, 11) is -3.17. The summed E-state index contributed by atoms with van der Waals surface area (Å²) >= 11 is 0. The van der Waals surface area contributed by atoms with Crippen molar-refractivity contribution >= 4 is 9.84 Å². The van der Waals surface area contributed by atoms with Gasteiger partial charge in [0.25, 0.3) is 0 Å². The minimum Gasteiger partial charge on any atom is -0.386 e. The number of hydrogen-bond acceptors (Lipinski definition) is 5. The maximum atomic E-state index is 11.7. The predicted octanol–water partition coefficient (Wildman–Crippen LogP) is -0.0859. The fourth-order valence-electron chi connectivity index (χ4n) is 4.05. The van der Waals surface area contributed by atoms with Crippen LogP contribution in [0.1, 0.15) is 25.7 Å². The van der Waals surface area contributed by atoms with Crippen LogP contribution in [-0.4, -0.2) is 54.7 Å². The highest BCUT2D eigenvalue weighted by molar-refractivity contribution is 7.91. The van der Waals surface area contributed by atoms with Crippen LogP contribution in [0.15, 0.2) is 0 Å². The summed E-state index contributed by atoms with van der Waals surface area (Å²) in [6.45, 7) is 1.74. The second-order valence-electron chi connectivity index (χ2n) is 5.90. The molecule has 0 spiro atoms. The van der Waals surface area contributed by atoms with Crippen LogP contribution < -0.4 is 0 Å². The highest BCUT2D eigenvalue weighted by atomic mass is 32.2. The highest BCUT2D eigenvalue weighted by Crippen LogP contribution is 2.51. The molecule has 3 fully saturated rings. The van der Waals surface area contributed by atoms with Crippen molar-refractivity contribution in [1.82, 2.24) is 4.90 Å². The van der Waals surface area contributed by atoms with Crippen molar-refractivity contribution in [3.05, 3.63) is 0 Å². The van der Waals surface area contributed by atoms with Gasteiger partial charge >= 0.3 is 0 Å². The van der Waals surface area contributed by atoms with Crippen LogP contribution in [0.2, 0.25) is 0 Å². The maximum absolute atomic E-state index is 11.7. The smallest absolute Gasteiger partial charge is 0.152 e. The molecule has 0 aromatic heterocycles. The molecule has 3 heterocycles. The molecular formula is C12H18N2O3S. The zero-order valence-corrected chi connectivity index (χ0v) is 11.1. The summed E-state index contributed by atoms with van der Waals surface area (Å²) < 4.78 is 23.4. The normalized spacial score (nSPS) is 47.0. The van der Waals surface area contributed by atoms with Gasteiger partial charge in [-0.05, 0) is 32.2 Å². The molecule has 5 nitrogen and oxygen atoms in total. The SMILES string of the molecule is N#CC1(C2(O)CCN3CCCC32)CCS(=O)(=O)C1. The van der Waals surface area contributed by atoms with E-state index in [1.54, 1.807) is 0 Å². The van der Waals surface area contributed by atoms with Gasteiger partial charge in [-0.15, -0.1) is 0 Å². The van der Waals surface area contributed by atoms with Gasteiger partial charge in [0.15, 0.2) is 9.84 Å². The maximum Gasteiger partial charge on any atom is 0.152 e. The Morgan fingerprint density at radius 3 is 2.72 bits per heavy atom. The molecule has 6 heteroatoms. The van der Waals surface area contributed by atoms with E-state index in [1.165, 1.54) is 0 Å². The minimum atomic E-state index is -3.17. The molecule has 0 aliphatic carbocycles. The van der Waals surface area contributed by atoms with Crippen LogP contribution in [0.4, 0.5) is 0 Å². The molecule has 0 aromatic carbocycles. The zero-order chi connectivity index (χ0) is 13.0. The van der Waals surface area contributed by atoms with Crippen LogP contribution in [0.3, 0.4) is 0 Å². The topological polar surface area (TPSA) is 81.4 Å². The molecular weight excluding hydrogens is 252 g/mol. The molecule has 0 bridgehead atoms. The molecule has 3 atom stereocenters. The molecule has 3 aliphatic rings. The van der Waals surface area contributed by atoms with Gasteiger partial charge in [0.1, 0.15) is 11.0 Å². The molecule has 3 rings (SSSR count). The van der Waals surface area contributed by atoms with E-state index in [9.17, 15) is 18.8 Å². The van der Waals surface area contributed by atoms with Crippen molar-refractivity contribution in [2.75, 3.05) is 24.6 Å². The highest BCUT2D eigenvalue weighted by Gasteiger charge is 2.64. The van der Waals surface area contributed by atoms with Crippen LogP contribution in [0, 0.1) is 16.7 Å². The second-order valence-corrected chi connectivity index (χ2v) is 8.09. The average molecular weight is 270 g/mol. The largest absolute Gasteiger partial charge is 0.386 e. The lowest BCUT2D eigenvalue weighted by molar-refractivity contribution is -0.0629. The van der Waals surface area contributed by atoms with Crippen molar-refractivity contribution in [1.29, 1.82) is 5.26 Å². The quantitative estimate of drug-likeness (QED) is 0.720. The van der Waals surface area contributed by atoms with Gasteiger partial charge in [-0.25, -0.2) is 8.42 Å². The third-order valence-corrected chi connectivity index (χ3v) is 6.80. The van der Waals surface area contributed by atoms with Crippen molar-refractivity contribution in [3.63, 3.8) is 0 Å². The Kier molecular flexibility index (Phi) is 2.54. The molecule has 18 heavy (non-hydrogen) atoms. The van der Waals surface area contributed by atoms with Gasteiger partial charge in [0, 0.05) is 12.6 Å². The summed E-state index contributed by atoms with van der Waals surface area (Å²) in [5.74, 6) is -0.132. The number of nitriles is 1. The fourth-order valence-corrected chi connectivity index (χ4v) is 6.06. The first kappa shape index (κ1) is 12.4. The molecule has 3 aliphatic heterocycles. The first-order valence-corrected chi connectivity index (χ1v) is 8.33. The van der Waals surface area contributed by atoms with E-state index in [0.717, 1.165) is 25.9 Å². The van der Waals surface area contributed by atoms with Gasteiger partial charge < -0.3 is 5.11 Å². The average Bonchev–Trinajstić information content (AvgIpc) is 2.96. The number of sulfone groups is 1. The van der Waals surface area contributed by atoms with Crippen LogP contribution in [0.5, 0.6) is 0 Å². The minimum absolute atomic E-state index is 0.0227. The first-order chi connectivity index (χ1) is 8.43. The van der Waals surface area contributed by atoms with Gasteiger partial charge in [0.05, 0.1) is 17.6 Å². The first-order valence-electron chi connectivity index (χ1n) is 6.51. The monoisotopic (exact) mass is 270 g/mol. The van der Waals surface area contributed by atoms with Crippen molar-refractivity contribution in [2.24, 2.45) is 5.41 Å². The van der Waals surface area contributed by atoms with Crippen molar-refractivity contribution in [3.8, 4) is 6.07 Å². The van der Waals surface area contributed by atoms with Crippen LogP contribution in [-0.2, 0) is 9.84 Å². The van der Waals surface area contributed by atoms with E-state index >= 15 is 0 Å². The molecule has 0 aromatic rings. The lowest BCUT2D eigenvalue weighted by Crippen LogP contribution is -2.55. The van der Waals surface area contributed by atoms with E-state index in [4.69, 9.17) is 0 Å². The van der Waals surface area contributed by atoms with Gasteiger partial charge in [0.2, 0.25) is 0 Å². The summed E-state index contributed by atoms with van der Waals surface area (Å²) in [5.41, 5.74) is -2.22. The Morgan fingerprint density at radius 1 is 1.33 bits per heavy atom. The van der Waals surface area contributed by atoms with E-state index in [1.807, 2.05) is 0 Å². The summed E-state index contributed by atoms with van der Waals surface area (Å²) in [6, 6.07) is 2.15. The van der Waals surface area contributed by atoms with E-state index in [2.05, 4.69) is 11.0 Å². The molecule has 0 radical (unpaired) electrons. The lowest BCUT2D eigenvalue weighted by atomic mass is 9.68. The van der Waals surface area contributed by atoms with Crippen LogP contribution in [0.25, 0.3) is 0 Å². The van der Waals surface area contributed by atoms with Crippen LogP contribution >= 0.6 is 0 Å².